The van der Waals surface area contributed by atoms with E-state index in [1.54, 1.807) is 0 Å². The fraction of sp³-hybridized carbons (Fsp3) is 0.619. The van der Waals surface area contributed by atoms with Gasteiger partial charge >= 0.3 is 0 Å². The Morgan fingerprint density at radius 1 is 1.00 bits per heavy atom. The standard InChI is InChI=1S/C21H31N3O2/c1-14-9-11-24(12-10-14)16-7-5-15(6-8-16)22-19(25)17-13-18(17)20(26)23-21(2,3)4/h5-8,14,17-18H,9-13H2,1-4H3,(H,22,25)(H,23,26). The molecule has 2 atom stereocenters. The number of nitrogens with one attached hydrogen (secondary N) is 2. The third-order valence-corrected chi connectivity index (χ3v) is 5.25. The molecule has 0 aromatic heterocycles. The normalized spacial score (nSPS) is 23.5. The summed E-state index contributed by atoms with van der Waals surface area (Å²) in [5, 5.41) is 5.90. The molecule has 0 radical (unpaired) electrons. The van der Waals surface area contributed by atoms with Crippen molar-refractivity contribution in [3.8, 4) is 0 Å². The smallest absolute Gasteiger partial charge is 0.228 e. The van der Waals surface area contributed by atoms with Crippen LogP contribution in [0.4, 0.5) is 11.4 Å². The summed E-state index contributed by atoms with van der Waals surface area (Å²) in [7, 11) is 0. The Morgan fingerprint density at radius 2 is 1.58 bits per heavy atom. The molecular weight excluding hydrogens is 326 g/mol. The Bertz CT molecular complexity index is 655. The zero-order valence-corrected chi connectivity index (χ0v) is 16.3. The zero-order valence-electron chi connectivity index (χ0n) is 16.3. The first kappa shape index (κ1) is 18.7. The number of amides is 2. The lowest BCUT2D eigenvalue weighted by Gasteiger charge is -2.32. The fourth-order valence-corrected chi connectivity index (χ4v) is 3.49. The molecule has 2 amide bonds. The Labute approximate surface area is 156 Å². The molecular formula is C21H31N3O2. The van der Waals surface area contributed by atoms with E-state index < -0.39 is 0 Å². The summed E-state index contributed by atoms with van der Waals surface area (Å²) in [4.78, 5) is 26.9. The predicted octanol–water partition coefficient (Wildman–Crippen LogP) is 3.41. The second-order valence-corrected chi connectivity index (χ2v) is 8.89. The van der Waals surface area contributed by atoms with Crippen molar-refractivity contribution in [1.29, 1.82) is 0 Å². The summed E-state index contributed by atoms with van der Waals surface area (Å²) in [5.74, 6) is 0.335. The molecule has 2 N–H and O–H groups in total. The molecule has 5 heteroatoms. The highest BCUT2D eigenvalue weighted by Gasteiger charge is 2.48. The van der Waals surface area contributed by atoms with Gasteiger partial charge in [-0.3, -0.25) is 9.59 Å². The van der Waals surface area contributed by atoms with Gasteiger partial charge in [0.25, 0.3) is 0 Å². The van der Waals surface area contributed by atoms with Crippen LogP contribution in [0.15, 0.2) is 24.3 Å². The predicted molar refractivity (Wildman–Crippen MR) is 105 cm³/mol. The van der Waals surface area contributed by atoms with Crippen molar-refractivity contribution in [1.82, 2.24) is 5.32 Å². The quantitative estimate of drug-likeness (QED) is 0.868. The molecule has 2 unspecified atom stereocenters. The molecule has 26 heavy (non-hydrogen) atoms. The molecule has 5 nitrogen and oxygen atoms in total. The van der Waals surface area contributed by atoms with Crippen molar-refractivity contribution in [2.45, 2.75) is 52.5 Å². The van der Waals surface area contributed by atoms with Crippen LogP contribution in [0.3, 0.4) is 0 Å². The van der Waals surface area contributed by atoms with Gasteiger partial charge in [-0.1, -0.05) is 6.92 Å². The molecule has 2 aliphatic rings. The van der Waals surface area contributed by atoms with Gasteiger partial charge in [-0.25, -0.2) is 0 Å². The molecule has 0 spiro atoms. The minimum Gasteiger partial charge on any atom is -0.372 e. The third-order valence-electron chi connectivity index (χ3n) is 5.25. The molecule has 1 aromatic rings. The van der Waals surface area contributed by atoms with Crippen LogP contribution in [0.25, 0.3) is 0 Å². The summed E-state index contributed by atoms with van der Waals surface area (Å²) >= 11 is 0. The highest BCUT2D eigenvalue weighted by Crippen LogP contribution is 2.40. The fourth-order valence-electron chi connectivity index (χ4n) is 3.49. The summed E-state index contributed by atoms with van der Waals surface area (Å²) in [5.41, 5.74) is 1.75. The van der Waals surface area contributed by atoms with E-state index in [4.69, 9.17) is 0 Å². The molecule has 1 aliphatic carbocycles. The van der Waals surface area contributed by atoms with Gasteiger partial charge in [-0.15, -0.1) is 0 Å². The number of piperidine rings is 1. The monoisotopic (exact) mass is 357 g/mol. The lowest BCUT2D eigenvalue weighted by molar-refractivity contribution is -0.126. The summed E-state index contributed by atoms with van der Waals surface area (Å²) in [6.45, 7) is 10.4. The molecule has 1 saturated carbocycles. The Kier molecular flexibility index (Phi) is 5.26. The SMILES string of the molecule is CC1CCN(c2ccc(NC(=O)C3CC3C(=O)NC(C)(C)C)cc2)CC1. The second kappa shape index (κ2) is 7.29. The maximum Gasteiger partial charge on any atom is 0.228 e. The average Bonchev–Trinajstić information content (AvgIpc) is 3.36. The minimum atomic E-state index is -0.261. The van der Waals surface area contributed by atoms with Crippen molar-refractivity contribution >= 4 is 23.2 Å². The number of benzene rings is 1. The molecule has 0 bridgehead atoms. The molecule has 1 heterocycles. The number of anilines is 2. The molecule has 142 valence electrons. The first-order valence-corrected chi connectivity index (χ1v) is 9.71. The summed E-state index contributed by atoms with van der Waals surface area (Å²) in [6, 6.07) is 8.06. The van der Waals surface area contributed by atoms with Gasteiger partial charge in [0.15, 0.2) is 0 Å². The topological polar surface area (TPSA) is 61.4 Å². The van der Waals surface area contributed by atoms with Crippen LogP contribution in [-0.2, 0) is 9.59 Å². The van der Waals surface area contributed by atoms with E-state index in [0.29, 0.717) is 6.42 Å². The van der Waals surface area contributed by atoms with Crippen LogP contribution in [0.1, 0.15) is 47.0 Å². The highest BCUT2D eigenvalue weighted by molar-refractivity contribution is 5.99. The van der Waals surface area contributed by atoms with Crippen LogP contribution in [-0.4, -0.2) is 30.4 Å². The molecule has 1 saturated heterocycles. The van der Waals surface area contributed by atoms with Crippen molar-refractivity contribution in [2.75, 3.05) is 23.3 Å². The van der Waals surface area contributed by atoms with Gasteiger partial charge in [-0.05, 0) is 70.2 Å². The molecule has 1 aromatic carbocycles. The van der Waals surface area contributed by atoms with E-state index in [-0.39, 0.29) is 29.2 Å². The summed E-state index contributed by atoms with van der Waals surface area (Å²) in [6.07, 6.45) is 3.11. The van der Waals surface area contributed by atoms with E-state index in [1.165, 1.54) is 18.5 Å². The van der Waals surface area contributed by atoms with Gasteiger partial charge in [0.05, 0.1) is 11.8 Å². The van der Waals surface area contributed by atoms with Crippen molar-refractivity contribution in [2.24, 2.45) is 17.8 Å². The van der Waals surface area contributed by atoms with Crippen LogP contribution < -0.4 is 15.5 Å². The maximum atomic E-state index is 12.4. The van der Waals surface area contributed by atoms with E-state index in [0.717, 1.165) is 24.7 Å². The Balaban J connectivity index is 1.50. The average molecular weight is 357 g/mol. The van der Waals surface area contributed by atoms with E-state index >= 15 is 0 Å². The zero-order chi connectivity index (χ0) is 18.9. The minimum absolute atomic E-state index is 0.0210. The summed E-state index contributed by atoms with van der Waals surface area (Å²) < 4.78 is 0. The van der Waals surface area contributed by atoms with Crippen LogP contribution in [0.5, 0.6) is 0 Å². The number of hydrogen-bond donors (Lipinski definition) is 2. The highest BCUT2D eigenvalue weighted by atomic mass is 16.2. The number of rotatable bonds is 4. The van der Waals surface area contributed by atoms with Gasteiger partial charge in [0.2, 0.25) is 11.8 Å². The first-order chi connectivity index (χ1) is 12.2. The Morgan fingerprint density at radius 3 is 2.15 bits per heavy atom. The van der Waals surface area contributed by atoms with E-state index in [9.17, 15) is 9.59 Å². The van der Waals surface area contributed by atoms with Crippen LogP contribution in [0.2, 0.25) is 0 Å². The molecule has 3 rings (SSSR count). The lowest BCUT2D eigenvalue weighted by atomic mass is 9.99. The molecule has 2 fully saturated rings. The van der Waals surface area contributed by atoms with E-state index in [2.05, 4.69) is 34.6 Å². The number of nitrogens with zero attached hydrogens (tertiary/aromatic N) is 1. The number of carbonyl (C=O) groups excluding carboxylic acids is 2. The Hall–Kier alpha value is -2.04. The number of carbonyl (C=O) groups is 2. The van der Waals surface area contributed by atoms with Crippen molar-refractivity contribution in [3.05, 3.63) is 24.3 Å². The van der Waals surface area contributed by atoms with Crippen LogP contribution in [0, 0.1) is 17.8 Å². The van der Waals surface area contributed by atoms with Crippen LogP contribution >= 0.6 is 0 Å². The van der Waals surface area contributed by atoms with Crippen molar-refractivity contribution < 1.29 is 9.59 Å². The van der Waals surface area contributed by atoms with Crippen molar-refractivity contribution in [3.63, 3.8) is 0 Å². The van der Waals surface area contributed by atoms with Gasteiger partial charge < -0.3 is 15.5 Å². The van der Waals surface area contributed by atoms with E-state index in [1.807, 2.05) is 32.9 Å². The van der Waals surface area contributed by atoms with Gasteiger partial charge in [-0.2, -0.15) is 0 Å². The number of hydrogen-bond acceptors (Lipinski definition) is 3. The maximum absolute atomic E-state index is 12.4. The van der Waals surface area contributed by atoms with Gasteiger partial charge in [0, 0.05) is 30.0 Å². The van der Waals surface area contributed by atoms with Gasteiger partial charge in [0.1, 0.15) is 0 Å². The first-order valence-electron chi connectivity index (χ1n) is 9.71. The molecule has 1 aliphatic heterocycles. The lowest BCUT2D eigenvalue weighted by Crippen LogP contribution is -2.42. The second-order valence-electron chi connectivity index (χ2n) is 8.89. The largest absolute Gasteiger partial charge is 0.372 e. The third kappa shape index (κ3) is 4.77.